The zero-order chi connectivity index (χ0) is 12.1. The minimum atomic E-state index is -0.283. The monoisotopic (exact) mass is 237 g/mol. The van der Waals surface area contributed by atoms with Crippen LogP contribution in [0.15, 0.2) is 24.3 Å². The quantitative estimate of drug-likeness (QED) is 0.694. The van der Waals surface area contributed by atoms with Crippen LogP contribution in [0.5, 0.6) is 0 Å². The maximum Gasteiger partial charge on any atom is 0.238 e. The van der Waals surface area contributed by atoms with Crippen LogP contribution in [0, 0.1) is 5.82 Å². The van der Waals surface area contributed by atoms with Crippen molar-refractivity contribution in [2.24, 2.45) is 0 Å². The van der Waals surface area contributed by atoms with Crippen molar-refractivity contribution in [1.82, 2.24) is 16.0 Å². The number of carbonyl (C=O) groups excluding carboxylic acids is 1. The van der Waals surface area contributed by atoms with Crippen LogP contribution in [-0.2, 0) is 11.3 Å². The Bertz CT molecular complexity index is 391. The molecule has 1 aliphatic rings. The van der Waals surface area contributed by atoms with Crippen molar-refractivity contribution < 1.29 is 9.18 Å². The molecule has 5 heteroatoms. The van der Waals surface area contributed by atoms with Crippen molar-refractivity contribution in [2.75, 3.05) is 19.6 Å². The summed E-state index contributed by atoms with van der Waals surface area (Å²) in [5.74, 6) is -0.337. The van der Waals surface area contributed by atoms with Gasteiger partial charge in [0.1, 0.15) is 5.82 Å². The van der Waals surface area contributed by atoms with E-state index in [0.29, 0.717) is 13.1 Å². The average molecular weight is 237 g/mol. The number of piperazine rings is 1. The van der Waals surface area contributed by atoms with Gasteiger partial charge in [0.15, 0.2) is 0 Å². The zero-order valence-corrected chi connectivity index (χ0v) is 9.50. The van der Waals surface area contributed by atoms with Crippen molar-refractivity contribution >= 4 is 5.91 Å². The Kier molecular flexibility index (Phi) is 4.06. The molecule has 1 saturated heterocycles. The summed E-state index contributed by atoms with van der Waals surface area (Å²) in [5, 5.41) is 9.05. The number of carbonyl (C=O) groups is 1. The standard InChI is InChI=1S/C12H16FN3O/c13-10-3-1-2-9(6-10)7-16-12(17)11-8-14-4-5-15-11/h1-3,6,11,14-15H,4-5,7-8H2,(H,16,17). The van der Waals surface area contributed by atoms with Gasteiger partial charge in [-0.3, -0.25) is 4.79 Å². The van der Waals surface area contributed by atoms with E-state index in [0.717, 1.165) is 18.7 Å². The molecule has 1 atom stereocenters. The molecule has 17 heavy (non-hydrogen) atoms. The number of benzene rings is 1. The first-order valence-corrected chi connectivity index (χ1v) is 5.72. The minimum Gasteiger partial charge on any atom is -0.351 e. The van der Waals surface area contributed by atoms with Gasteiger partial charge in [0.25, 0.3) is 0 Å². The summed E-state index contributed by atoms with van der Waals surface area (Å²) >= 11 is 0. The van der Waals surface area contributed by atoms with Crippen LogP contribution in [0.2, 0.25) is 0 Å². The number of hydrogen-bond acceptors (Lipinski definition) is 3. The molecule has 3 N–H and O–H groups in total. The highest BCUT2D eigenvalue weighted by Crippen LogP contribution is 2.02. The second-order valence-electron chi connectivity index (χ2n) is 4.06. The van der Waals surface area contributed by atoms with Crippen LogP contribution in [0.3, 0.4) is 0 Å². The van der Waals surface area contributed by atoms with Gasteiger partial charge in [-0.05, 0) is 17.7 Å². The summed E-state index contributed by atoms with van der Waals surface area (Å²) in [5.41, 5.74) is 0.766. The normalized spacial score (nSPS) is 19.9. The van der Waals surface area contributed by atoms with Gasteiger partial charge < -0.3 is 16.0 Å². The maximum atomic E-state index is 12.9. The van der Waals surface area contributed by atoms with Crippen LogP contribution in [-0.4, -0.2) is 31.6 Å². The smallest absolute Gasteiger partial charge is 0.238 e. The second kappa shape index (κ2) is 5.75. The molecule has 1 aromatic carbocycles. The summed E-state index contributed by atoms with van der Waals surface area (Å²) in [6.45, 7) is 2.66. The Labute approximate surface area is 99.6 Å². The lowest BCUT2D eigenvalue weighted by molar-refractivity contribution is -0.123. The van der Waals surface area contributed by atoms with Crippen molar-refractivity contribution in [2.45, 2.75) is 12.6 Å². The van der Waals surface area contributed by atoms with Gasteiger partial charge in [0.2, 0.25) is 5.91 Å². The average Bonchev–Trinajstić information content (AvgIpc) is 2.37. The van der Waals surface area contributed by atoms with E-state index in [2.05, 4.69) is 16.0 Å². The predicted octanol–water partition coefficient (Wildman–Crippen LogP) is 0.00330. The number of amides is 1. The van der Waals surface area contributed by atoms with E-state index in [1.54, 1.807) is 12.1 Å². The SMILES string of the molecule is O=C(NCc1cccc(F)c1)C1CNCCN1. The molecule has 0 aliphatic carbocycles. The molecule has 0 radical (unpaired) electrons. The summed E-state index contributed by atoms with van der Waals surface area (Å²) in [6.07, 6.45) is 0. The van der Waals surface area contributed by atoms with Gasteiger partial charge in [0, 0.05) is 26.2 Å². The van der Waals surface area contributed by atoms with E-state index < -0.39 is 0 Å². The zero-order valence-electron chi connectivity index (χ0n) is 9.50. The third kappa shape index (κ3) is 3.51. The third-order valence-electron chi connectivity index (χ3n) is 2.71. The molecule has 1 aliphatic heterocycles. The van der Waals surface area contributed by atoms with Crippen LogP contribution in [0.25, 0.3) is 0 Å². The summed E-state index contributed by atoms with van der Waals surface area (Å²) in [7, 11) is 0. The van der Waals surface area contributed by atoms with Gasteiger partial charge in [-0.25, -0.2) is 4.39 Å². The first kappa shape index (κ1) is 12.0. The Morgan fingerprint density at radius 3 is 3.06 bits per heavy atom. The van der Waals surface area contributed by atoms with E-state index in [1.807, 2.05) is 0 Å². The van der Waals surface area contributed by atoms with Crippen LogP contribution < -0.4 is 16.0 Å². The summed E-state index contributed by atoms with van der Waals surface area (Å²) < 4.78 is 12.9. The predicted molar refractivity (Wildman–Crippen MR) is 62.9 cm³/mol. The molecule has 2 rings (SSSR count). The molecule has 0 bridgehead atoms. The molecule has 0 spiro atoms. The number of rotatable bonds is 3. The molecular weight excluding hydrogens is 221 g/mol. The molecule has 0 saturated carbocycles. The summed E-state index contributed by atoms with van der Waals surface area (Å²) in [4.78, 5) is 11.7. The van der Waals surface area contributed by atoms with Gasteiger partial charge in [0.05, 0.1) is 6.04 Å². The van der Waals surface area contributed by atoms with E-state index in [4.69, 9.17) is 0 Å². The van der Waals surface area contributed by atoms with Gasteiger partial charge in [-0.1, -0.05) is 12.1 Å². The topological polar surface area (TPSA) is 53.2 Å². The Morgan fingerprint density at radius 2 is 2.35 bits per heavy atom. The van der Waals surface area contributed by atoms with E-state index >= 15 is 0 Å². The molecule has 92 valence electrons. The van der Waals surface area contributed by atoms with Crippen molar-refractivity contribution in [1.29, 1.82) is 0 Å². The van der Waals surface area contributed by atoms with Gasteiger partial charge in [-0.2, -0.15) is 0 Å². The number of hydrogen-bond donors (Lipinski definition) is 3. The Balaban J connectivity index is 1.83. The first-order chi connectivity index (χ1) is 8.25. The third-order valence-corrected chi connectivity index (χ3v) is 2.71. The van der Waals surface area contributed by atoms with E-state index in [-0.39, 0.29) is 17.8 Å². The first-order valence-electron chi connectivity index (χ1n) is 5.72. The molecule has 1 heterocycles. The van der Waals surface area contributed by atoms with Crippen molar-refractivity contribution in [3.63, 3.8) is 0 Å². The van der Waals surface area contributed by atoms with E-state index in [1.165, 1.54) is 12.1 Å². The molecular formula is C12H16FN3O. The maximum absolute atomic E-state index is 12.9. The van der Waals surface area contributed by atoms with Crippen LogP contribution in [0.4, 0.5) is 4.39 Å². The van der Waals surface area contributed by atoms with Gasteiger partial charge in [-0.15, -0.1) is 0 Å². The highest BCUT2D eigenvalue weighted by molar-refractivity contribution is 5.82. The molecule has 0 aromatic heterocycles. The van der Waals surface area contributed by atoms with Crippen LogP contribution >= 0.6 is 0 Å². The lowest BCUT2D eigenvalue weighted by atomic mass is 10.2. The highest BCUT2D eigenvalue weighted by atomic mass is 19.1. The van der Waals surface area contributed by atoms with Crippen molar-refractivity contribution in [3.05, 3.63) is 35.6 Å². The fourth-order valence-corrected chi connectivity index (χ4v) is 1.80. The molecule has 4 nitrogen and oxygen atoms in total. The molecule has 1 aromatic rings. The molecule has 1 unspecified atom stereocenters. The summed E-state index contributed by atoms with van der Waals surface area (Å²) in [6, 6.07) is 6.04. The molecule has 1 amide bonds. The van der Waals surface area contributed by atoms with Gasteiger partial charge >= 0.3 is 0 Å². The number of nitrogens with one attached hydrogen (secondary N) is 3. The number of halogens is 1. The fraction of sp³-hybridized carbons (Fsp3) is 0.417. The second-order valence-corrected chi connectivity index (χ2v) is 4.06. The highest BCUT2D eigenvalue weighted by Gasteiger charge is 2.19. The lowest BCUT2D eigenvalue weighted by Crippen LogP contribution is -2.55. The molecule has 1 fully saturated rings. The van der Waals surface area contributed by atoms with Crippen LogP contribution in [0.1, 0.15) is 5.56 Å². The lowest BCUT2D eigenvalue weighted by Gasteiger charge is -2.23. The van der Waals surface area contributed by atoms with Crippen molar-refractivity contribution in [3.8, 4) is 0 Å². The fourth-order valence-electron chi connectivity index (χ4n) is 1.80. The van der Waals surface area contributed by atoms with E-state index in [9.17, 15) is 9.18 Å². The Hall–Kier alpha value is -1.46. The largest absolute Gasteiger partial charge is 0.351 e. The minimum absolute atomic E-state index is 0.0542. The Morgan fingerprint density at radius 1 is 1.47 bits per heavy atom.